The highest BCUT2D eigenvalue weighted by Gasteiger charge is 2.54. The van der Waals surface area contributed by atoms with Crippen LogP contribution in [0.15, 0.2) is 0 Å². The van der Waals surface area contributed by atoms with Gasteiger partial charge in [0.25, 0.3) is 0 Å². The molecule has 0 bridgehead atoms. The van der Waals surface area contributed by atoms with Crippen LogP contribution >= 0.6 is 8.60 Å². The van der Waals surface area contributed by atoms with Crippen molar-refractivity contribution in [3.8, 4) is 12.0 Å². The van der Waals surface area contributed by atoms with Gasteiger partial charge in [0.05, 0.1) is 12.2 Å². The maximum absolute atomic E-state index is 6.92. The van der Waals surface area contributed by atoms with Gasteiger partial charge in [-0.1, -0.05) is 89.0 Å². The molecule has 0 aromatic rings. The molecule has 1 aliphatic heterocycles. The highest BCUT2D eigenvalue weighted by atomic mass is 31.2. The molecule has 3 fully saturated rings. The first kappa shape index (κ1) is 30.3. The fraction of sp³-hybridized carbons (Fsp3) is 0.938. The van der Waals surface area contributed by atoms with E-state index in [1.807, 2.05) is 6.92 Å². The molecule has 0 aromatic carbocycles. The SMILES string of the molecule is CC#COP1OC2C(CC3CC(C(C)(C)C)CC(C(C)(C)C)C3O1)CC(C(C)(C)C)CC2C(C)(C)C. The molecule has 3 aliphatic rings. The Labute approximate surface area is 225 Å². The van der Waals surface area contributed by atoms with Crippen molar-refractivity contribution in [2.24, 2.45) is 57.2 Å². The van der Waals surface area contributed by atoms with Crippen LogP contribution in [0.2, 0.25) is 0 Å². The minimum absolute atomic E-state index is 0.164. The lowest BCUT2D eigenvalue weighted by atomic mass is 9.55. The van der Waals surface area contributed by atoms with Gasteiger partial charge < -0.3 is 4.52 Å². The van der Waals surface area contributed by atoms with Gasteiger partial charge in [-0.05, 0) is 89.3 Å². The number of hydrogen-bond acceptors (Lipinski definition) is 3. The molecule has 1 heterocycles. The van der Waals surface area contributed by atoms with Crippen LogP contribution in [0.4, 0.5) is 0 Å². The lowest BCUT2D eigenvalue weighted by Gasteiger charge is -2.55. The van der Waals surface area contributed by atoms with Crippen LogP contribution in [-0.2, 0) is 13.6 Å². The average Bonchev–Trinajstić information content (AvgIpc) is 2.68. The molecule has 1 saturated heterocycles. The summed E-state index contributed by atoms with van der Waals surface area (Å²) in [5, 5.41) is 0. The Hall–Kier alpha value is -0.290. The summed E-state index contributed by atoms with van der Waals surface area (Å²) in [5.74, 6) is 6.34. The molecular weight excluding hydrogens is 463 g/mol. The van der Waals surface area contributed by atoms with E-state index in [4.69, 9.17) is 13.6 Å². The Morgan fingerprint density at radius 3 is 1.28 bits per heavy atom. The Bertz CT molecular complexity index is 741. The zero-order valence-electron chi connectivity index (χ0n) is 25.8. The summed E-state index contributed by atoms with van der Waals surface area (Å²) in [4.78, 5) is 0. The topological polar surface area (TPSA) is 27.7 Å². The molecule has 0 spiro atoms. The summed E-state index contributed by atoms with van der Waals surface area (Å²) in [7, 11) is -1.51. The van der Waals surface area contributed by atoms with Gasteiger partial charge >= 0.3 is 8.60 Å². The molecule has 3 rings (SSSR count). The van der Waals surface area contributed by atoms with E-state index in [2.05, 4.69) is 95.1 Å². The minimum Gasteiger partial charge on any atom is -0.373 e. The van der Waals surface area contributed by atoms with E-state index in [1.54, 1.807) is 0 Å². The summed E-state index contributed by atoms with van der Waals surface area (Å²) in [6.45, 7) is 30.8. The zero-order valence-corrected chi connectivity index (χ0v) is 26.7. The van der Waals surface area contributed by atoms with Crippen molar-refractivity contribution < 1.29 is 13.6 Å². The van der Waals surface area contributed by atoms with Gasteiger partial charge in [0.15, 0.2) is 0 Å². The summed E-state index contributed by atoms with van der Waals surface area (Å²) in [6.07, 6.45) is 9.30. The predicted molar refractivity (Wildman–Crippen MR) is 153 cm³/mol. The first-order valence-corrected chi connectivity index (χ1v) is 15.6. The third-order valence-electron chi connectivity index (χ3n) is 9.89. The first-order valence-electron chi connectivity index (χ1n) is 14.5. The van der Waals surface area contributed by atoms with Gasteiger partial charge in [-0.15, -0.1) is 0 Å². The molecule has 208 valence electrons. The van der Waals surface area contributed by atoms with Crippen LogP contribution in [0.25, 0.3) is 0 Å². The number of rotatable bonds is 1. The van der Waals surface area contributed by atoms with Gasteiger partial charge in [-0.2, -0.15) is 0 Å². The van der Waals surface area contributed by atoms with E-state index >= 15 is 0 Å². The van der Waals surface area contributed by atoms with Crippen molar-refractivity contribution in [3.63, 3.8) is 0 Å². The maximum Gasteiger partial charge on any atom is 0.406 e. The van der Waals surface area contributed by atoms with Crippen molar-refractivity contribution in [2.45, 2.75) is 134 Å². The number of fused-ring (bicyclic) bond motifs is 2. The quantitative estimate of drug-likeness (QED) is 0.254. The van der Waals surface area contributed by atoms with Gasteiger partial charge in [0.1, 0.15) is 6.11 Å². The second-order valence-electron chi connectivity index (χ2n) is 16.6. The predicted octanol–water partition coefficient (Wildman–Crippen LogP) is 9.85. The fourth-order valence-electron chi connectivity index (χ4n) is 7.36. The molecule has 36 heavy (non-hydrogen) atoms. The monoisotopic (exact) mass is 520 g/mol. The maximum atomic E-state index is 6.92. The van der Waals surface area contributed by atoms with E-state index < -0.39 is 8.60 Å². The average molecular weight is 521 g/mol. The molecular formula is C32H57O3P. The second kappa shape index (κ2) is 10.7. The van der Waals surface area contributed by atoms with E-state index in [-0.39, 0.29) is 23.0 Å². The van der Waals surface area contributed by atoms with E-state index in [0.29, 0.717) is 46.3 Å². The van der Waals surface area contributed by atoms with Crippen LogP contribution in [-0.4, -0.2) is 12.2 Å². The fourth-order valence-corrected chi connectivity index (χ4v) is 8.69. The van der Waals surface area contributed by atoms with Crippen molar-refractivity contribution in [3.05, 3.63) is 0 Å². The summed E-state index contributed by atoms with van der Waals surface area (Å²) in [5.41, 5.74) is 0.931. The lowest BCUT2D eigenvalue weighted by Crippen LogP contribution is -2.52. The Morgan fingerprint density at radius 1 is 0.583 bits per heavy atom. The van der Waals surface area contributed by atoms with Crippen LogP contribution < -0.4 is 0 Å². The first-order chi connectivity index (χ1) is 16.3. The smallest absolute Gasteiger partial charge is 0.373 e. The zero-order chi connectivity index (χ0) is 27.3. The van der Waals surface area contributed by atoms with Crippen molar-refractivity contribution in [1.82, 2.24) is 0 Å². The Kier molecular flexibility index (Phi) is 8.99. The molecule has 2 aliphatic carbocycles. The normalized spacial score (nSPS) is 38.5. The van der Waals surface area contributed by atoms with Crippen LogP contribution in [0, 0.1) is 69.2 Å². The minimum atomic E-state index is -1.51. The van der Waals surface area contributed by atoms with E-state index in [1.165, 1.54) is 32.1 Å². The van der Waals surface area contributed by atoms with Crippen molar-refractivity contribution in [2.75, 3.05) is 0 Å². The van der Waals surface area contributed by atoms with E-state index in [0.717, 1.165) is 0 Å². The molecule has 8 unspecified atom stereocenters. The summed E-state index contributed by atoms with van der Waals surface area (Å²) in [6, 6.07) is 0. The molecule has 0 radical (unpaired) electrons. The molecule has 8 atom stereocenters. The van der Waals surface area contributed by atoms with Gasteiger partial charge in [0, 0.05) is 6.92 Å². The molecule has 0 N–H and O–H groups in total. The molecule has 0 amide bonds. The Balaban J connectivity index is 2.06. The summed E-state index contributed by atoms with van der Waals surface area (Å²) < 4.78 is 19.9. The van der Waals surface area contributed by atoms with Gasteiger partial charge in [-0.3, -0.25) is 9.05 Å². The highest BCUT2D eigenvalue weighted by Crippen LogP contribution is 2.61. The van der Waals surface area contributed by atoms with E-state index in [9.17, 15) is 0 Å². The summed E-state index contributed by atoms with van der Waals surface area (Å²) >= 11 is 0. The van der Waals surface area contributed by atoms with Gasteiger partial charge in [-0.25, -0.2) is 0 Å². The largest absolute Gasteiger partial charge is 0.406 e. The molecule has 4 heteroatoms. The third-order valence-corrected chi connectivity index (χ3v) is 11.0. The molecule has 3 nitrogen and oxygen atoms in total. The standard InChI is InChI=1S/C32H57O3P/c1-14-15-33-36-34-27-21(17-23(29(2,3)4)19-25(27)31(8,9)10)16-22-18-24(30(5,6)7)20-26(28(22)35-36)32(11,12)13/h21-28H,16-20H2,1-13H3. The second-order valence-corrected chi connectivity index (χ2v) is 17.6. The third kappa shape index (κ3) is 7.01. The Morgan fingerprint density at radius 2 is 0.972 bits per heavy atom. The lowest BCUT2D eigenvalue weighted by molar-refractivity contribution is -0.120. The van der Waals surface area contributed by atoms with Crippen LogP contribution in [0.3, 0.4) is 0 Å². The van der Waals surface area contributed by atoms with Crippen LogP contribution in [0.1, 0.15) is 122 Å². The highest BCUT2D eigenvalue weighted by molar-refractivity contribution is 7.41. The molecule has 2 saturated carbocycles. The van der Waals surface area contributed by atoms with Crippen molar-refractivity contribution >= 4 is 8.60 Å². The number of hydrogen-bond donors (Lipinski definition) is 0. The van der Waals surface area contributed by atoms with Crippen LogP contribution in [0.5, 0.6) is 0 Å². The van der Waals surface area contributed by atoms with Gasteiger partial charge in [0.2, 0.25) is 0 Å². The molecule has 0 aromatic heterocycles. The van der Waals surface area contributed by atoms with Crippen molar-refractivity contribution in [1.29, 1.82) is 0 Å².